The molecule has 0 spiro atoms. The van der Waals surface area contributed by atoms with E-state index in [0.29, 0.717) is 0 Å². The molecule has 0 unspecified atom stereocenters. The molecule has 0 saturated heterocycles. The summed E-state index contributed by atoms with van der Waals surface area (Å²) in [6, 6.07) is 0. The second-order valence-corrected chi connectivity index (χ2v) is 13.6. The molecule has 0 heterocycles. The van der Waals surface area contributed by atoms with Crippen molar-refractivity contribution in [3.63, 3.8) is 0 Å². The van der Waals surface area contributed by atoms with E-state index in [-0.39, 0.29) is 5.04 Å². The minimum Gasteiger partial charge on any atom is -0.417 e. The molecule has 0 fully saturated rings. The minimum absolute atomic E-state index is 0.285. The molecular weight excluding hydrogens is 324 g/mol. The molecule has 25 heavy (non-hydrogen) atoms. The van der Waals surface area contributed by atoms with Crippen LogP contribution in [0, 0.1) is 11.8 Å². The molecule has 0 aliphatic carbocycles. The lowest BCUT2D eigenvalue weighted by Gasteiger charge is -2.36. The highest BCUT2D eigenvalue weighted by Crippen LogP contribution is 2.36. The van der Waals surface area contributed by atoms with Crippen molar-refractivity contribution in [2.45, 2.75) is 123 Å². The first-order valence-corrected chi connectivity index (χ1v) is 13.4. The second-order valence-electron chi connectivity index (χ2n) is 8.81. The summed E-state index contributed by atoms with van der Waals surface area (Å²) in [5.41, 5.74) is 0. The van der Waals surface area contributed by atoms with Gasteiger partial charge in [0.05, 0.1) is 0 Å². The number of aliphatic hydroxyl groups excluding tert-OH is 1. The fourth-order valence-corrected chi connectivity index (χ4v) is 3.50. The lowest BCUT2D eigenvalue weighted by atomic mass is 10.1. The Morgan fingerprint density at radius 1 is 0.920 bits per heavy atom. The Balaban J connectivity index is 3.60. The summed E-state index contributed by atoms with van der Waals surface area (Å²) in [5.74, 6) is 6.14. The topological polar surface area (TPSA) is 29.5 Å². The zero-order chi connectivity index (χ0) is 19.2. The number of aliphatic hydroxyl groups is 1. The standard InChI is InChI=1S/C22H44O2Si/c1-7-8-9-10-11-12-15-18-21(23)19-16-13-14-17-20-24-25(5,6)22(2,3)4/h21,23H,7-15,17-18,20H2,1-6H3/t21-/m0/s1. The van der Waals surface area contributed by atoms with Crippen molar-refractivity contribution in [3.05, 3.63) is 0 Å². The van der Waals surface area contributed by atoms with Crippen LogP contribution in [-0.2, 0) is 4.43 Å². The van der Waals surface area contributed by atoms with Gasteiger partial charge < -0.3 is 9.53 Å². The first kappa shape index (κ1) is 24.7. The fourth-order valence-electron chi connectivity index (χ4n) is 2.42. The predicted octanol–water partition coefficient (Wildman–Crippen LogP) is 6.68. The van der Waals surface area contributed by atoms with E-state index in [1.165, 1.54) is 38.5 Å². The van der Waals surface area contributed by atoms with Gasteiger partial charge in [0.25, 0.3) is 0 Å². The average molecular weight is 369 g/mol. The van der Waals surface area contributed by atoms with Gasteiger partial charge in [-0.1, -0.05) is 72.1 Å². The van der Waals surface area contributed by atoms with Crippen molar-refractivity contribution < 1.29 is 9.53 Å². The summed E-state index contributed by atoms with van der Waals surface area (Å²) in [7, 11) is -1.60. The maximum atomic E-state index is 9.90. The molecule has 0 amide bonds. The van der Waals surface area contributed by atoms with E-state index in [9.17, 15) is 5.11 Å². The normalized spacial score (nSPS) is 13.4. The third-order valence-electron chi connectivity index (χ3n) is 5.31. The lowest BCUT2D eigenvalue weighted by molar-refractivity contribution is 0.217. The summed E-state index contributed by atoms with van der Waals surface area (Å²) in [6.07, 6.45) is 12.4. The number of hydrogen-bond donors (Lipinski definition) is 1. The first-order valence-electron chi connectivity index (χ1n) is 10.5. The van der Waals surface area contributed by atoms with Crippen molar-refractivity contribution in [1.29, 1.82) is 0 Å². The zero-order valence-electron chi connectivity index (χ0n) is 17.9. The van der Waals surface area contributed by atoms with Crippen LogP contribution in [0.3, 0.4) is 0 Å². The van der Waals surface area contributed by atoms with Gasteiger partial charge in [-0.15, -0.1) is 5.92 Å². The number of rotatable bonds is 13. The molecular formula is C22H44O2Si. The highest BCUT2D eigenvalue weighted by Gasteiger charge is 2.36. The lowest BCUT2D eigenvalue weighted by Crippen LogP contribution is -2.40. The van der Waals surface area contributed by atoms with E-state index in [0.717, 1.165) is 38.7 Å². The average Bonchev–Trinajstić information content (AvgIpc) is 2.52. The third kappa shape index (κ3) is 13.5. The first-order chi connectivity index (χ1) is 11.7. The van der Waals surface area contributed by atoms with E-state index >= 15 is 0 Å². The van der Waals surface area contributed by atoms with Gasteiger partial charge in [-0.05, 0) is 43.8 Å². The van der Waals surface area contributed by atoms with Crippen LogP contribution in [0.5, 0.6) is 0 Å². The molecule has 0 rings (SSSR count). The molecule has 2 nitrogen and oxygen atoms in total. The van der Waals surface area contributed by atoms with Gasteiger partial charge >= 0.3 is 0 Å². The van der Waals surface area contributed by atoms with Crippen LogP contribution in [0.25, 0.3) is 0 Å². The Morgan fingerprint density at radius 3 is 2.12 bits per heavy atom. The monoisotopic (exact) mass is 368 g/mol. The summed E-state index contributed by atoms with van der Waals surface area (Å²) < 4.78 is 6.16. The van der Waals surface area contributed by atoms with Gasteiger partial charge in [-0.3, -0.25) is 0 Å². The van der Waals surface area contributed by atoms with E-state index in [1.807, 2.05) is 0 Å². The Labute approximate surface area is 159 Å². The minimum atomic E-state index is -1.60. The molecule has 1 atom stereocenters. The van der Waals surface area contributed by atoms with Crippen LogP contribution >= 0.6 is 0 Å². The summed E-state index contributed by atoms with van der Waals surface area (Å²) in [4.78, 5) is 0. The molecule has 0 aromatic heterocycles. The fraction of sp³-hybridized carbons (Fsp3) is 0.909. The number of hydrogen-bond acceptors (Lipinski definition) is 2. The van der Waals surface area contributed by atoms with Crippen LogP contribution in [0.2, 0.25) is 18.1 Å². The SMILES string of the molecule is CCCCCCCCC[C@H](O)C#CCCCCO[Si](C)(C)C(C)(C)C. The maximum Gasteiger partial charge on any atom is 0.191 e. The number of unbranched alkanes of at least 4 members (excludes halogenated alkanes) is 8. The molecule has 0 bridgehead atoms. The van der Waals surface area contributed by atoms with Crippen LogP contribution < -0.4 is 0 Å². The Kier molecular flexibility index (Phi) is 13.7. The Bertz CT molecular complexity index is 374. The Morgan fingerprint density at radius 2 is 1.52 bits per heavy atom. The molecule has 148 valence electrons. The largest absolute Gasteiger partial charge is 0.417 e. The third-order valence-corrected chi connectivity index (χ3v) is 9.85. The highest BCUT2D eigenvalue weighted by atomic mass is 28.4. The molecule has 0 saturated carbocycles. The molecule has 0 radical (unpaired) electrons. The zero-order valence-corrected chi connectivity index (χ0v) is 18.9. The van der Waals surface area contributed by atoms with Crippen molar-refractivity contribution in [2.24, 2.45) is 0 Å². The predicted molar refractivity (Wildman–Crippen MR) is 113 cm³/mol. The van der Waals surface area contributed by atoms with Crippen LogP contribution in [-0.4, -0.2) is 26.1 Å². The van der Waals surface area contributed by atoms with Crippen molar-refractivity contribution in [1.82, 2.24) is 0 Å². The van der Waals surface area contributed by atoms with Gasteiger partial charge in [-0.25, -0.2) is 0 Å². The van der Waals surface area contributed by atoms with E-state index < -0.39 is 14.4 Å². The Hall–Kier alpha value is -0.303. The van der Waals surface area contributed by atoms with Gasteiger partial charge in [0.2, 0.25) is 0 Å². The summed E-state index contributed by atoms with van der Waals surface area (Å²) in [6.45, 7) is 14.5. The van der Waals surface area contributed by atoms with Crippen LogP contribution in [0.4, 0.5) is 0 Å². The second kappa shape index (κ2) is 13.8. The van der Waals surface area contributed by atoms with Crippen molar-refractivity contribution in [2.75, 3.05) is 6.61 Å². The molecule has 0 aromatic rings. The molecule has 0 aliphatic rings. The smallest absolute Gasteiger partial charge is 0.191 e. The molecule has 3 heteroatoms. The highest BCUT2D eigenvalue weighted by molar-refractivity contribution is 6.74. The van der Waals surface area contributed by atoms with Crippen molar-refractivity contribution in [3.8, 4) is 11.8 Å². The summed E-state index contributed by atoms with van der Waals surface area (Å²) in [5, 5.41) is 10.2. The van der Waals surface area contributed by atoms with E-state index in [4.69, 9.17) is 4.43 Å². The quantitative estimate of drug-likeness (QED) is 0.223. The van der Waals surface area contributed by atoms with Crippen molar-refractivity contribution >= 4 is 8.32 Å². The summed E-state index contributed by atoms with van der Waals surface area (Å²) >= 11 is 0. The van der Waals surface area contributed by atoms with Gasteiger partial charge in [0.15, 0.2) is 8.32 Å². The molecule has 0 aliphatic heterocycles. The van der Waals surface area contributed by atoms with Crippen LogP contribution in [0.1, 0.15) is 98.3 Å². The van der Waals surface area contributed by atoms with Crippen LogP contribution in [0.15, 0.2) is 0 Å². The van der Waals surface area contributed by atoms with Gasteiger partial charge in [0, 0.05) is 13.0 Å². The van der Waals surface area contributed by atoms with Gasteiger partial charge in [-0.2, -0.15) is 0 Å². The van der Waals surface area contributed by atoms with E-state index in [2.05, 4.69) is 52.6 Å². The van der Waals surface area contributed by atoms with E-state index in [1.54, 1.807) is 0 Å². The molecule has 0 aromatic carbocycles. The maximum absolute atomic E-state index is 9.90. The molecule has 1 N–H and O–H groups in total. The van der Waals surface area contributed by atoms with Gasteiger partial charge in [0.1, 0.15) is 6.10 Å².